The van der Waals surface area contributed by atoms with Gasteiger partial charge in [-0.1, -0.05) is 41.9 Å². The minimum atomic E-state index is -0.944. The highest BCUT2D eigenvalue weighted by Gasteiger charge is 2.58. The number of hydrogen-bond acceptors (Lipinski definition) is 6. The van der Waals surface area contributed by atoms with Gasteiger partial charge in [0.15, 0.2) is 6.10 Å². The summed E-state index contributed by atoms with van der Waals surface area (Å²) < 4.78 is 5.30. The van der Waals surface area contributed by atoms with Crippen molar-refractivity contribution in [1.29, 1.82) is 0 Å². The first-order valence-electron chi connectivity index (χ1n) is 9.79. The van der Waals surface area contributed by atoms with Crippen LogP contribution < -0.4 is 10.1 Å². The number of carbonyl (C=O) groups excluding carboxylic acids is 3. The van der Waals surface area contributed by atoms with Gasteiger partial charge < -0.3 is 10.1 Å². The van der Waals surface area contributed by atoms with E-state index in [1.54, 1.807) is 31.4 Å². The van der Waals surface area contributed by atoms with Crippen LogP contribution in [0.2, 0.25) is 5.02 Å². The van der Waals surface area contributed by atoms with Gasteiger partial charge in [-0.15, -0.1) is 0 Å². The van der Waals surface area contributed by atoms with Gasteiger partial charge in [0.2, 0.25) is 11.8 Å². The minimum Gasteiger partial charge on any atom is -0.496 e. The molecule has 2 heterocycles. The maximum Gasteiger partial charge on any atom is 0.261 e. The van der Waals surface area contributed by atoms with Crippen LogP contribution in [0.4, 0.5) is 0 Å². The smallest absolute Gasteiger partial charge is 0.261 e. The molecule has 8 nitrogen and oxygen atoms in total. The van der Waals surface area contributed by atoms with Crippen molar-refractivity contribution in [2.24, 2.45) is 5.92 Å². The number of nitrogens with zero attached hydrogens (tertiary/aromatic N) is 2. The molecule has 0 bridgehead atoms. The maximum atomic E-state index is 12.7. The lowest BCUT2D eigenvalue weighted by Gasteiger charge is -2.26. The molecular weight excluding hydrogens is 422 g/mol. The SMILES string of the molecule is COc1ccccc1CNC(=O)CN1OC2C(=O)N(C)C(=O)C2C1c1ccc(Cl)cc1. The number of para-hydroxylation sites is 1. The summed E-state index contributed by atoms with van der Waals surface area (Å²) in [6.07, 6.45) is -0.944. The Kier molecular flexibility index (Phi) is 5.95. The highest BCUT2D eigenvalue weighted by Crippen LogP contribution is 2.44. The topological polar surface area (TPSA) is 88.2 Å². The zero-order valence-electron chi connectivity index (χ0n) is 17.1. The summed E-state index contributed by atoms with van der Waals surface area (Å²) in [5.74, 6) is -1.09. The number of likely N-dealkylation sites (N-methyl/N-ethyl adjacent to an activating group) is 1. The van der Waals surface area contributed by atoms with E-state index in [1.165, 1.54) is 12.1 Å². The van der Waals surface area contributed by atoms with Crippen molar-refractivity contribution in [3.8, 4) is 5.75 Å². The number of nitrogens with one attached hydrogen (secondary N) is 1. The Balaban J connectivity index is 1.52. The number of amides is 3. The molecule has 0 spiro atoms. The predicted octanol–water partition coefficient (Wildman–Crippen LogP) is 1.94. The molecule has 2 saturated heterocycles. The Morgan fingerprint density at radius 3 is 2.55 bits per heavy atom. The molecule has 162 valence electrons. The van der Waals surface area contributed by atoms with Crippen molar-refractivity contribution in [3.05, 3.63) is 64.7 Å². The van der Waals surface area contributed by atoms with Crippen molar-refractivity contribution in [1.82, 2.24) is 15.3 Å². The second-order valence-corrected chi connectivity index (χ2v) is 7.88. The maximum absolute atomic E-state index is 12.7. The average molecular weight is 444 g/mol. The van der Waals surface area contributed by atoms with Gasteiger partial charge >= 0.3 is 0 Å². The molecule has 3 atom stereocenters. The molecular formula is C22H22ClN3O5. The molecule has 3 unspecified atom stereocenters. The fourth-order valence-electron chi connectivity index (χ4n) is 4.02. The number of rotatable bonds is 6. The van der Waals surface area contributed by atoms with Crippen molar-refractivity contribution < 1.29 is 24.0 Å². The van der Waals surface area contributed by atoms with E-state index < -0.39 is 24.0 Å². The van der Waals surface area contributed by atoms with Crippen LogP contribution in [-0.2, 0) is 25.8 Å². The van der Waals surface area contributed by atoms with Gasteiger partial charge in [0, 0.05) is 24.2 Å². The minimum absolute atomic E-state index is 0.139. The van der Waals surface area contributed by atoms with Crippen molar-refractivity contribution in [2.45, 2.75) is 18.7 Å². The lowest BCUT2D eigenvalue weighted by Crippen LogP contribution is -2.40. The van der Waals surface area contributed by atoms with Crippen molar-refractivity contribution >= 4 is 29.3 Å². The number of hydroxylamine groups is 2. The lowest BCUT2D eigenvalue weighted by molar-refractivity contribution is -0.181. The second kappa shape index (κ2) is 8.66. The molecule has 2 fully saturated rings. The standard InChI is InChI=1S/C22H22ClN3O5/c1-25-21(28)18-19(13-7-9-15(23)10-8-13)26(31-20(18)22(25)29)12-17(27)24-11-14-5-3-4-6-16(14)30-2/h3-10,18-20H,11-12H2,1-2H3,(H,24,27). The fraction of sp³-hybridized carbons (Fsp3) is 0.318. The summed E-state index contributed by atoms with van der Waals surface area (Å²) in [6, 6.07) is 13.8. The number of fused-ring (bicyclic) bond motifs is 1. The van der Waals surface area contributed by atoms with Gasteiger partial charge in [0.25, 0.3) is 5.91 Å². The van der Waals surface area contributed by atoms with Gasteiger partial charge in [-0.05, 0) is 23.8 Å². The Hall–Kier alpha value is -2.94. The fourth-order valence-corrected chi connectivity index (χ4v) is 4.14. The monoisotopic (exact) mass is 443 g/mol. The Morgan fingerprint density at radius 1 is 1.13 bits per heavy atom. The first-order chi connectivity index (χ1) is 14.9. The average Bonchev–Trinajstić information content (AvgIpc) is 3.24. The van der Waals surface area contributed by atoms with Crippen LogP contribution in [0, 0.1) is 5.92 Å². The van der Waals surface area contributed by atoms with Crippen LogP contribution in [-0.4, -0.2) is 54.5 Å². The molecule has 9 heteroatoms. The molecule has 3 amide bonds. The van der Waals surface area contributed by atoms with Crippen LogP contribution in [0.3, 0.4) is 0 Å². The van der Waals surface area contributed by atoms with Crippen molar-refractivity contribution in [3.63, 3.8) is 0 Å². The quantitative estimate of drug-likeness (QED) is 0.686. The van der Waals surface area contributed by atoms with Gasteiger partial charge in [0.05, 0.1) is 19.1 Å². The van der Waals surface area contributed by atoms with E-state index in [0.29, 0.717) is 10.8 Å². The second-order valence-electron chi connectivity index (χ2n) is 7.45. The molecule has 2 aromatic carbocycles. The highest BCUT2D eigenvalue weighted by atomic mass is 35.5. The number of halogens is 1. The summed E-state index contributed by atoms with van der Waals surface area (Å²) in [5.41, 5.74) is 1.57. The third-order valence-corrected chi connectivity index (χ3v) is 5.85. The summed E-state index contributed by atoms with van der Waals surface area (Å²) in [6.45, 7) is 0.134. The van der Waals surface area contributed by atoms with Gasteiger partial charge in [-0.2, -0.15) is 5.06 Å². The summed E-state index contributed by atoms with van der Waals surface area (Å²) in [7, 11) is 3.01. The molecule has 2 aromatic rings. The van der Waals surface area contributed by atoms with E-state index in [9.17, 15) is 14.4 Å². The van der Waals surface area contributed by atoms with Gasteiger partial charge in [-0.3, -0.25) is 24.1 Å². The normalized spacial score (nSPS) is 23.2. The number of carbonyl (C=O) groups is 3. The van der Waals surface area contributed by atoms with Crippen LogP contribution in [0.1, 0.15) is 17.2 Å². The number of benzene rings is 2. The number of likely N-dealkylation sites (tertiary alicyclic amines) is 1. The van der Waals surface area contributed by atoms with E-state index in [4.69, 9.17) is 21.2 Å². The predicted molar refractivity (Wildman–Crippen MR) is 112 cm³/mol. The third kappa shape index (κ3) is 4.01. The molecule has 2 aliphatic heterocycles. The van der Waals surface area contributed by atoms with Crippen LogP contribution >= 0.6 is 11.6 Å². The van der Waals surface area contributed by atoms with Gasteiger partial charge in [-0.25, -0.2) is 0 Å². The number of imide groups is 1. The van der Waals surface area contributed by atoms with Crippen LogP contribution in [0.25, 0.3) is 0 Å². The van der Waals surface area contributed by atoms with E-state index in [0.717, 1.165) is 16.0 Å². The van der Waals surface area contributed by atoms with Crippen LogP contribution in [0.5, 0.6) is 5.75 Å². The highest BCUT2D eigenvalue weighted by molar-refractivity contribution is 6.30. The molecule has 0 radical (unpaired) electrons. The Labute approximate surface area is 184 Å². The molecule has 31 heavy (non-hydrogen) atoms. The van der Waals surface area contributed by atoms with E-state index in [-0.39, 0.29) is 24.9 Å². The Bertz CT molecular complexity index is 1010. The molecule has 1 N–H and O–H groups in total. The molecule has 4 rings (SSSR count). The lowest BCUT2D eigenvalue weighted by atomic mass is 9.91. The summed E-state index contributed by atoms with van der Waals surface area (Å²) in [4.78, 5) is 44.7. The molecule has 0 aromatic heterocycles. The van der Waals surface area contributed by atoms with E-state index in [1.807, 2.05) is 24.3 Å². The number of ether oxygens (including phenoxy) is 1. The zero-order valence-corrected chi connectivity index (χ0v) is 17.8. The third-order valence-electron chi connectivity index (χ3n) is 5.59. The van der Waals surface area contributed by atoms with Gasteiger partial charge in [0.1, 0.15) is 12.3 Å². The number of hydrogen-bond donors (Lipinski definition) is 1. The van der Waals surface area contributed by atoms with Crippen LogP contribution in [0.15, 0.2) is 48.5 Å². The molecule has 0 aliphatic carbocycles. The Morgan fingerprint density at radius 2 is 1.84 bits per heavy atom. The summed E-state index contributed by atoms with van der Waals surface area (Å²) in [5, 5.41) is 4.80. The molecule has 2 aliphatic rings. The zero-order chi connectivity index (χ0) is 22.1. The first-order valence-corrected chi connectivity index (χ1v) is 10.2. The van der Waals surface area contributed by atoms with E-state index >= 15 is 0 Å². The van der Waals surface area contributed by atoms with E-state index in [2.05, 4.69) is 5.32 Å². The first kappa shape index (κ1) is 21.3. The number of methoxy groups -OCH3 is 1. The largest absolute Gasteiger partial charge is 0.496 e. The van der Waals surface area contributed by atoms with Crippen molar-refractivity contribution in [2.75, 3.05) is 20.7 Å². The summed E-state index contributed by atoms with van der Waals surface area (Å²) >= 11 is 6.00. The molecule has 0 saturated carbocycles.